The van der Waals surface area contributed by atoms with Gasteiger partial charge in [0.2, 0.25) is 10.0 Å². The van der Waals surface area contributed by atoms with Crippen molar-refractivity contribution in [3.8, 4) is 6.07 Å². The number of benzene rings is 1. The van der Waals surface area contributed by atoms with Crippen LogP contribution in [0.5, 0.6) is 0 Å². The van der Waals surface area contributed by atoms with Crippen LogP contribution in [0, 0.1) is 23.1 Å². The van der Waals surface area contributed by atoms with E-state index in [1.165, 1.54) is 10.4 Å². The van der Waals surface area contributed by atoms with E-state index in [2.05, 4.69) is 0 Å². The van der Waals surface area contributed by atoms with Crippen LogP contribution in [-0.4, -0.2) is 38.5 Å². The van der Waals surface area contributed by atoms with Gasteiger partial charge in [-0.1, -0.05) is 13.8 Å². The third-order valence-electron chi connectivity index (χ3n) is 3.71. The van der Waals surface area contributed by atoms with Crippen molar-refractivity contribution in [1.29, 1.82) is 5.26 Å². The van der Waals surface area contributed by atoms with Gasteiger partial charge in [0.25, 0.3) is 0 Å². The number of halogens is 1. The Bertz CT molecular complexity index is 683. The zero-order valence-corrected chi connectivity index (χ0v) is 13.4. The zero-order chi connectivity index (χ0) is 16.3. The number of hydrogen-bond acceptors (Lipinski definition) is 4. The Morgan fingerprint density at radius 2 is 2.18 bits per heavy atom. The Morgan fingerprint density at radius 3 is 2.82 bits per heavy atom. The first kappa shape index (κ1) is 16.9. The number of nitriles is 1. The lowest BCUT2D eigenvalue weighted by Crippen LogP contribution is -2.38. The molecule has 0 N–H and O–H groups in total. The summed E-state index contributed by atoms with van der Waals surface area (Å²) < 4.78 is 45.9. The predicted octanol–water partition coefficient (Wildman–Crippen LogP) is 2.13. The first-order chi connectivity index (χ1) is 10.4. The van der Waals surface area contributed by atoms with Crippen molar-refractivity contribution in [2.45, 2.75) is 31.3 Å². The Kier molecular flexibility index (Phi) is 5.16. The maximum absolute atomic E-state index is 13.4. The minimum atomic E-state index is -3.77. The Labute approximate surface area is 130 Å². The molecule has 0 aromatic heterocycles. The van der Waals surface area contributed by atoms with Crippen LogP contribution in [0.3, 0.4) is 0 Å². The molecular weight excluding hydrogens is 307 g/mol. The average molecular weight is 326 g/mol. The molecule has 0 radical (unpaired) electrons. The molecule has 0 aliphatic carbocycles. The van der Waals surface area contributed by atoms with E-state index in [1.54, 1.807) is 6.07 Å². The third kappa shape index (κ3) is 3.46. The summed E-state index contributed by atoms with van der Waals surface area (Å²) in [4.78, 5) is -0.0603. The number of sulfonamides is 1. The molecule has 1 fully saturated rings. The summed E-state index contributed by atoms with van der Waals surface area (Å²) in [5, 5.41) is 8.86. The van der Waals surface area contributed by atoms with Gasteiger partial charge in [0.1, 0.15) is 11.9 Å². The fraction of sp³-hybridized carbons (Fsp3) is 0.533. The van der Waals surface area contributed by atoms with E-state index in [9.17, 15) is 12.8 Å². The molecular formula is C15H19FN2O3S. The highest BCUT2D eigenvalue weighted by Crippen LogP contribution is 2.23. The number of hydrogen-bond donors (Lipinski definition) is 0. The summed E-state index contributed by atoms with van der Waals surface area (Å²) in [6.45, 7) is 5.09. The van der Waals surface area contributed by atoms with E-state index in [0.717, 1.165) is 12.1 Å². The topological polar surface area (TPSA) is 70.4 Å². The number of ether oxygens (including phenoxy) is 1. The van der Waals surface area contributed by atoms with E-state index in [1.807, 2.05) is 13.8 Å². The molecule has 1 aliphatic rings. The molecule has 1 aliphatic heterocycles. The molecule has 1 aromatic rings. The summed E-state index contributed by atoms with van der Waals surface area (Å²) in [5.41, 5.74) is -0.271. The molecule has 120 valence electrons. The van der Waals surface area contributed by atoms with Crippen molar-refractivity contribution >= 4 is 10.0 Å². The summed E-state index contributed by atoms with van der Waals surface area (Å²) in [6, 6.07) is 4.96. The molecule has 1 atom stereocenters. The molecule has 1 heterocycles. The molecule has 22 heavy (non-hydrogen) atoms. The molecule has 0 saturated carbocycles. The van der Waals surface area contributed by atoms with Crippen molar-refractivity contribution in [2.24, 2.45) is 5.92 Å². The Morgan fingerprint density at radius 1 is 1.45 bits per heavy atom. The second kappa shape index (κ2) is 6.73. The van der Waals surface area contributed by atoms with Crippen molar-refractivity contribution in [3.63, 3.8) is 0 Å². The van der Waals surface area contributed by atoms with E-state index in [4.69, 9.17) is 10.00 Å². The molecule has 0 bridgehead atoms. The van der Waals surface area contributed by atoms with Crippen LogP contribution in [0.2, 0.25) is 0 Å². The van der Waals surface area contributed by atoms with Gasteiger partial charge in [-0.2, -0.15) is 9.57 Å². The minimum absolute atomic E-state index is 0.0603. The van der Waals surface area contributed by atoms with Crippen molar-refractivity contribution in [2.75, 3.05) is 19.7 Å². The van der Waals surface area contributed by atoms with Gasteiger partial charge in [-0.25, -0.2) is 12.8 Å². The maximum Gasteiger partial charge on any atom is 0.243 e. The van der Waals surface area contributed by atoms with Gasteiger partial charge in [-0.3, -0.25) is 0 Å². The van der Waals surface area contributed by atoms with Crippen molar-refractivity contribution in [1.82, 2.24) is 4.31 Å². The van der Waals surface area contributed by atoms with E-state index >= 15 is 0 Å². The third-order valence-corrected chi connectivity index (χ3v) is 5.57. The Hall–Kier alpha value is -1.49. The van der Waals surface area contributed by atoms with Crippen LogP contribution in [0.25, 0.3) is 0 Å². The summed E-state index contributed by atoms with van der Waals surface area (Å²) in [7, 11) is -3.77. The highest BCUT2D eigenvalue weighted by Gasteiger charge is 2.31. The van der Waals surface area contributed by atoms with Gasteiger partial charge in [0.15, 0.2) is 0 Å². The van der Waals surface area contributed by atoms with E-state index in [-0.39, 0.29) is 29.0 Å². The molecule has 1 aromatic carbocycles. The van der Waals surface area contributed by atoms with Gasteiger partial charge in [0.05, 0.1) is 16.6 Å². The molecule has 0 amide bonds. The van der Waals surface area contributed by atoms with Crippen LogP contribution >= 0.6 is 0 Å². The largest absolute Gasteiger partial charge is 0.377 e. The van der Waals surface area contributed by atoms with Gasteiger partial charge >= 0.3 is 0 Å². The average Bonchev–Trinajstić information content (AvgIpc) is 2.74. The SMILES string of the molecule is CC(C)C1CN(S(=O)(=O)c2ccc(F)c(C#N)c2)CCCO1. The smallest absolute Gasteiger partial charge is 0.243 e. The van der Waals surface area contributed by atoms with E-state index in [0.29, 0.717) is 19.6 Å². The van der Waals surface area contributed by atoms with Gasteiger partial charge in [0, 0.05) is 19.7 Å². The van der Waals surface area contributed by atoms with Crippen molar-refractivity contribution < 1.29 is 17.5 Å². The lowest BCUT2D eigenvalue weighted by Gasteiger charge is -2.25. The fourth-order valence-electron chi connectivity index (χ4n) is 2.34. The van der Waals surface area contributed by atoms with Crippen LogP contribution in [0.15, 0.2) is 23.1 Å². The normalized spacial score (nSPS) is 20.6. The Balaban J connectivity index is 2.34. The van der Waals surface area contributed by atoms with E-state index < -0.39 is 15.8 Å². The monoisotopic (exact) mass is 326 g/mol. The first-order valence-corrected chi connectivity index (χ1v) is 8.61. The lowest BCUT2D eigenvalue weighted by atomic mass is 10.1. The highest BCUT2D eigenvalue weighted by molar-refractivity contribution is 7.89. The molecule has 5 nitrogen and oxygen atoms in total. The quantitative estimate of drug-likeness (QED) is 0.853. The van der Waals surface area contributed by atoms with Gasteiger partial charge < -0.3 is 4.74 Å². The molecule has 1 unspecified atom stereocenters. The predicted molar refractivity (Wildman–Crippen MR) is 79.1 cm³/mol. The second-order valence-corrected chi connectivity index (χ2v) is 7.56. The summed E-state index contributed by atoms with van der Waals surface area (Å²) in [6.07, 6.45) is 0.433. The van der Waals surface area contributed by atoms with Crippen LogP contribution < -0.4 is 0 Å². The van der Waals surface area contributed by atoms with Crippen LogP contribution in [-0.2, 0) is 14.8 Å². The molecule has 1 saturated heterocycles. The first-order valence-electron chi connectivity index (χ1n) is 7.17. The summed E-state index contributed by atoms with van der Waals surface area (Å²) in [5.74, 6) is -0.528. The number of nitrogens with zero attached hydrogens (tertiary/aromatic N) is 2. The van der Waals surface area contributed by atoms with Crippen molar-refractivity contribution in [3.05, 3.63) is 29.6 Å². The van der Waals surface area contributed by atoms with Gasteiger partial charge in [-0.15, -0.1) is 0 Å². The zero-order valence-electron chi connectivity index (χ0n) is 12.6. The van der Waals surface area contributed by atoms with Crippen LogP contribution in [0.1, 0.15) is 25.8 Å². The standard InChI is InChI=1S/C15H19FN2O3S/c1-11(2)15-10-18(6-3-7-21-15)22(19,20)13-4-5-14(16)12(8-13)9-17/h4-5,8,11,15H,3,6-7,10H2,1-2H3. The molecule has 0 spiro atoms. The lowest BCUT2D eigenvalue weighted by molar-refractivity contribution is 0.0301. The fourth-order valence-corrected chi connectivity index (χ4v) is 3.86. The number of rotatable bonds is 3. The summed E-state index contributed by atoms with van der Waals surface area (Å²) >= 11 is 0. The minimum Gasteiger partial charge on any atom is -0.377 e. The molecule has 7 heteroatoms. The molecule has 2 rings (SSSR count). The maximum atomic E-state index is 13.4. The van der Waals surface area contributed by atoms with Crippen LogP contribution in [0.4, 0.5) is 4.39 Å². The highest BCUT2D eigenvalue weighted by atomic mass is 32.2. The second-order valence-electron chi connectivity index (χ2n) is 5.62. The van der Waals surface area contributed by atoms with Gasteiger partial charge in [-0.05, 0) is 30.5 Å².